The van der Waals surface area contributed by atoms with Crippen LogP contribution >= 0.6 is 11.6 Å². The van der Waals surface area contributed by atoms with Crippen LogP contribution in [0.4, 0.5) is 5.69 Å². The molecule has 0 atom stereocenters. The number of rotatable bonds is 6. The monoisotopic (exact) mass is 279 g/mol. The molecule has 0 unspecified atom stereocenters. The summed E-state index contributed by atoms with van der Waals surface area (Å²) < 4.78 is 7.54. The fourth-order valence-corrected chi connectivity index (χ4v) is 1.91. The van der Waals surface area contributed by atoms with Gasteiger partial charge in [-0.05, 0) is 30.7 Å². The lowest BCUT2D eigenvalue weighted by Gasteiger charge is -2.13. The number of halogens is 1. The number of benzene rings is 1. The Labute approximate surface area is 118 Å². The molecule has 0 fully saturated rings. The summed E-state index contributed by atoms with van der Waals surface area (Å²) >= 11 is 6.03. The number of nitrogens with zero attached hydrogens (tertiary/aromatic N) is 2. The fourth-order valence-electron chi connectivity index (χ4n) is 1.74. The summed E-state index contributed by atoms with van der Waals surface area (Å²) in [5.74, 6) is 0.827. The van der Waals surface area contributed by atoms with E-state index in [1.54, 1.807) is 6.20 Å². The summed E-state index contributed by atoms with van der Waals surface area (Å²) in [4.78, 5) is 0. The maximum atomic E-state index is 6.03. The molecule has 0 aliphatic carbocycles. The molecule has 0 aliphatic rings. The summed E-state index contributed by atoms with van der Waals surface area (Å²) in [6.45, 7) is 3.46. The minimum Gasteiger partial charge on any atom is -0.491 e. The second-order valence-electron chi connectivity index (χ2n) is 4.29. The van der Waals surface area contributed by atoms with E-state index in [0.29, 0.717) is 18.2 Å². The molecule has 0 aliphatic heterocycles. The van der Waals surface area contributed by atoms with Crippen LogP contribution in [0.5, 0.6) is 5.75 Å². The molecule has 0 saturated heterocycles. The molecule has 1 heterocycles. The first-order valence-corrected chi connectivity index (χ1v) is 6.71. The highest BCUT2D eigenvalue weighted by atomic mass is 35.5. The topological polar surface area (TPSA) is 39.1 Å². The van der Waals surface area contributed by atoms with Crippen LogP contribution in [-0.2, 0) is 13.6 Å². The van der Waals surface area contributed by atoms with Gasteiger partial charge in [0.15, 0.2) is 0 Å². The molecular formula is C14H18ClN3O. The molecule has 0 saturated carbocycles. The lowest BCUT2D eigenvalue weighted by atomic mass is 10.2. The molecule has 0 bridgehead atoms. The zero-order chi connectivity index (χ0) is 13.7. The van der Waals surface area contributed by atoms with Crippen LogP contribution in [0.15, 0.2) is 30.5 Å². The van der Waals surface area contributed by atoms with Crippen LogP contribution in [0, 0.1) is 0 Å². The zero-order valence-electron chi connectivity index (χ0n) is 11.2. The molecule has 0 amide bonds. The van der Waals surface area contributed by atoms with Crippen LogP contribution in [0.2, 0.25) is 5.02 Å². The van der Waals surface area contributed by atoms with Crippen molar-refractivity contribution in [1.29, 1.82) is 0 Å². The van der Waals surface area contributed by atoms with E-state index in [-0.39, 0.29) is 0 Å². The normalized spacial score (nSPS) is 10.5. The third-order valence-corrected chi connectivity index (χ3v) is 3.02. The summed E-state index contributed by atoms with van der Waals surface area (Å²) in [6, 6.07) is 7.58. The number of hydrogen-bond donors (Lipinski definition) is 1. The van der Waals surface area contributed by atoms with Gasteiger partial charge in [-0.3, -0.25) is 4.68 Å². The average molecular weight is 280 g/mol. The number of anilines is 1. The lowest BCUT2D eigenvalue weighted by Crippen LogP contribution is -2.07. The summed E-state index contributed by atoms with van der Waals surface area (Å²) in [5.41, 5.74) is 2.00. The molecule has 0 radical (unpaired) electrons. The Balaban J connectivity index is 2.09. The molecule has 2 rings (SSSR count). The SMILES string of the molecule is CCCOc1ccc(Cl)cc1NCc1ccnn1C. The van der Waals surface area contributed by atoms with Crippen molar-refractivity contribution in [2.24, 2.45) is 7.05 Å². The van der Waals surface area contributed by atoms with Crippen molar-refractivity contribution in [3.63, 3.8) is 0 Å². The summed E-state index contributed by atoms with van der Waals surface area (Å²) in [5, 5.41) is 8.16. The second-order valence-corrected chi connectivity index (χ2v) is 4.73. The summed E-state index contributed by atoms with van der Waals surface area (Å²) in [6.07, 6.45) is 2.76. The second kappa shape index (κ2) is 6.48. The standard InChI is InChI=1S/C14H18ClN3O/c1-3-8-19-14-5-4-11(15)9-13(14)16-10-12-6-7-17-18(12)2/h4-7,9,16H,3,8,10H2,1-2H3. The van der Waals surface area contributed by atoms with Crippen molar-refractivity contribution in [2.75, 3.05) is 11.9 Å². The van der Waals surface area contributed by atoms with E-state index >= 15 is 0 Å². The van der Waals surface area contributed by atoms with E-state index < -0.39 is 0 Å². The van der Waals surface area contributed by atoms with E-state index in [0.717, 1.165) is 23.6 Å². The molecule has 1 aromatic heterocycles. The smallest absolute Gasteiger partial charge is 0.142 e. The number of ether oxygens (including phenoxy) is 1. The minimum atomic E-state index is 0.680. The van der Waals surface area contributed by atoms with Gasteiger partial charge in [-0.1, -0.05) is 18.5 Å². The Morgan fingerprint density at radius 3 is 2.89 bits per heavy atom. The Kier molecular flexibility index (Phi) is 4.68. The predicted octanol–water partition coefficient (Wildman–Crippen LogP) is 3.47. The highest BCUT2D eigenvalue weighted by Gasteiger charge is 2.06. The van der Waals surface area contributed by atoms with Gasteiger partial charge < -0.3 is 10.1 Å². The minimum absolute atomic E-state index is 0.680. The maximum Gasteiger partial charge on any atom is 0.142 e. The van der Waals surface area contributed by atoms with E-state index in [1.165, 1.54) is 0 Å². The van der Waals surface area contributed by atoms with Gasteiger partial charge in [-0.2, -0.15) is 5.10 Å². The van der Waals surface area contributed by atoms with Gasteiger partial charge in [0.1, 0.15) is 5.75 Å². The van der Waals surface area contributed by atoms with Gasteiger partial charge in [-0.25, -0.2) is 0 Å². The van der Waals surface area contributed by atoms with E-state index in [4.69, 9.17) is 16.3 Å². The Morgan fingerprint density at radius 2 is 2.21 bits per heavy atom. The van der Waals surface area contributed by atoms with E-state index in [2.05, 4.69) is 17.3 Å². The maximum absolute atomic E-state index is 6.03. The van der Waals surface area contributed by atoms with Crippen LogP contribution in [-0.4, -0.2) is 16.4 Å². The molecule has 4 nitrogen and oxygen atoms in total. The number of aromatic nitrogens is 2. The number of aryl methyl sites for hydroxylation is 1. The third kappa shape index (κ3) is 3.64. The first-order valence-electron chi connectivity index (χ1n) is 6.34. The number of nitrogens with one attached hydrogen (secondary N) is 1. The molecule has 5 heteroatoms. The molecule has 19 heavy (non-hydrogen) atoms. The quantitative estimate of drug-likeness (QED) is 0.880. The molecule has 1 aromatic carbocycles. The van der Waals surface area contributed by atoms with E-state index in [9.17, 15) is 0 Å². The molecule has 0 spiro atoms. The van der Waals surface area contributed by atoms with Crippen molar-refractivity contribution in [3.8, 4) is 5.75 Å². The molecule has 102 valence electrons. The highest BCUT2D eigenvalue weighted by molar-refractivity contribution is 6.30. The zero-order valence-corrected chi connectivity index (χ0v) is 11.9. The average Bonchev–Trinajstić information content (AvgIpc) is 2.81. The van der Waals surface area contributed by atoms with Gasteiger partial charge in [0.2, 0.25) is 0 Å². The molecule has 1 N–H and O–H groups in total. The highest BCUT2D eigenvalue weighted by Crippen LogP contribution is 2.28. The Morgan fingerprint density at radius 1 is 1.37 bits per heavy atom. The molecular weight excluding hydrogens is 262 g/mol. The van der Waals surface area contributed by atoms with Crippen LogP contribution < -0.4 is 10.1 Å². The predicted molar refractivity (Wildman–Crippen MR) is 77.8 cm³/mol. The fraction of sp³-hybridized carbons (Fsp3) is 0.357. The number of hydrogen-bond acceptors (Lipinski definition) is 3. The summed E-state index contributed by atoms with van der Waals surface area (Å²) in [7, 11) is 1.92. The Bertz CT molecular complexity index is 539. The van der Waals surface area contributed by atoms with Crippen molar-refractivity contribution >= 4 is 17.3 Å². The van der Waals surface area contributed by atoms with Crippen molar-refractivity contribution < 1.29 is 4.74 Å². The lowest BCUT2D eigenvalue weighted by molar-refractivity contribution is 0.319. The van der Waals surface area contributed by atoms with Gasteiger partial charge in [0.25, 0.3) is 0 Å². The first-order chi connectivity index (χ1) is 9.20. The van der Waals surface area contributed by atoms with Crippen LogP contribution in [0.3, 0.4) is 0 Å². The molecule has 2 aromatic rings. The van der Waals surface area contributed by atoms with Crippen molar-refractivity contribution in [2.45, 2.75) is 19.9 Å². The van der Waals surface area contributed by atoms with Gasteiger partial charge >= 0.3 is 0 Å². The Hall–Kier alpha value is -1.68. The van der Waals surface area contributed by atoms with Gasteiger partial charge in [-0.15, -0.1) is 0 Å². The first kappa shape index (κ1) is 13.7. The van der Waals surface area contributed by atoms with Gasteiger partial charge in [0, 0.05) is 18.3 Å². The van der Waals surface area contributed by atoms with E-state index in [1.807, 2.05) is 36.0 Å². The van der Waals surface area contributed by atoms with Crippen LogP contribution in [0.1, 0.15) is 19.0 Å². The van der Waals surface area contributed by atoms with Crippen LogP contribution in [0.25, 0.3) is 0 Å². The van der Waals surface area contributed by atoms with Gasteiger partial charge in [0.05, 0.1) is 24.5 Å². The largest absolute Gasteiger partial charge is 0.491 e. The third-order valence-electron chi connectivity index (χ3n) is 2.79. The van der Waals surface area contributed by atoms with Crippen molar-refractivity contribution in [3.05, 3.63) is 41.2 Å². The van der Waals surface area contributed by atoms with Crippen molar-refractivity contribution in [1.82, 2.24) is 9.78 Å².